The third kappa shape index (κ3) is 3.82. The SMILES string of the molecule is Cc1cccc(NC(=O)CNc2cc(C)ccc2F)c1. The lowest BCUT2D eigenvalue weighted by molar-refractivity contribution is -0.114. The van der Waals surface area contributed by atoms with Crippen LogP contribution >= 0.6 is 0 Å². The molecule has 0 fully saturated rings. The predicted octanol–water partition coefficient (Wildman–Crippen LogP) is 3.49. The second-order valence-electron chi connectivity index (χ2n) is 4.75. The van der Waals surface area contributed by atoms with Crippen molar-refractivity contribution in [2.75, 3.05) is 17.2 Å². The molecule has 3 nitrogen and oxygen atoms in total. The van der Waals surface area contributed by atoms with Crippen LogP contribution in [-0.4, -0.2) is 12.5 Å². The molecule has 4 heteroatoms. The molecule has 1 amide bonds. The van der Waals surface area contributed by atoms with Gasteiger partial charge in [0, 0.05) is 5.69 Å². The molecule has 0 aliphatic rings. The first-order valence-electron chi connectivity index (χ1n) is 6.41. The highest BCUT2D eigenvalue weighted by Crippen LogP contribution is 2.15. The number of anilines is 2. The van der Waals surface area contributed by atoms with E-state index in [0.717, 1.165) is 16.8 Å². The second kappa shape index (κ2) is 6.19. The third-order valence-corrected chi connectivity index (χ3v) is 2.86. The van der Waals surface area contributed by atoms with E-state index in [1.54, 1.807) is 12.1 Å². The first-order valence-corrected chi connectivity index (χ1v) is 6.41. The van der Waals surface area contributed by atoms with Crippen molar-refractivity contribution in [2.45, 2.75) is 13.8 Å². The summed E-state index contributed by atoms with van der Waals surface area (Å²) in [6, 6.07) is 12.3. The van der Waals surface area contributed by atoms with Gasteiger partial charge >= 0.3 is 0 Å². The molecule has 2 N–H and O–H groups in total. The summed E-state index contributed by atoms with van der Waals surface area (Å²) in [5.74, 6) is -0.574. The molecule has 0 aromatic heterocycles. The van der Waals surface area contributed by atoms with Gasteiger partial charge in [0.1, 0.15) is 5.82 Å². The van der Waals surface area contributed by atoms with Crippen LogP contribution in [0.4, 0.5) is 15.8 Å². The van der Waals surface area contributed by atoms with Gasteiger partial charge in [-0.1, -0.05) is 18.2 Å². The third-order valence-electron chi connectivity index (χ3n) is 2.86. The molecule has 20 heavy (non-hydrogen) atoms. The Morgan fingerprint density at radius 3 is 2.60 bits per heavy atom. The lowest BCUT2D eigenvalue weighted by atomic mass is 10.2. The van der Waals surface area contributed by atoms with Gasteiger partial charge in [-0.05, 0) is 49.2 Å². The number of carbonyl (C=O) groups is 1. The maximum Gasteiger partial charge on any atom is 0.243 e. The number of aryl methyl sites for hydroxylation is 2. The smallest absolute Gasteiger partial charge is 0.243 e. The standard InChI is InChI=1S/C16H17FN2O/c1-11-4-3-5-13(8-11)19-16(20)10-18-15-9-12(2)6-7-14(15)17/h3-9,18H,10H2,1-2H3,(H,19,20). The van der Waals surface area contributed by atoms with Crippen molar-refractivity contribution in [1.29, 1.82) is 0 Å². The van der Waals surface area contributed by atoms with Gasteiger partial charge in [-0.3, -0.25) is 4.79 Å². The summed E-state index contributed by atoms with van der Waals surface area (Å²) in [5, 5.41) is 5.56. The van der Waals surface area contributed by atoms with Gasteiger partial charge in [0.2, 0.25) is 5.91 Å². The normalized spacial score (nSPS) is 10.2. The van der Waals surface area contributed by atoms with E-state index in [4.69, 9.17) is 0 Å². The van der Waals surface area contributed by atoms with Crippen LogP contribution in [0.3, 0.4) is 0 Å². The number of rotatable bonds is 4. The maximum absolute atomic E-state index is 13.5. The Morgan fingerprint density at radius 1 is 1.10 bits per heavy atom. The number of amides is 1. The van der Waals surface area contributed by atoms with Crippen molar-refractivity contribution in [1.82, 2.24) is 0 Å². The van der Waals surface area contributed by atoms with Crippen LogP contribution in [-0.2, 0) is 4.79 Å². The molecule has 0 aliphatic heterocycles. The van der Waals surface area contributed by atoms with Crippen LogP contribution in [0.5, 0.6) is 0 Å². The van der Waals surface area contributed by atoms with Crippen LogP contribution in [0, 0.1) is 19.7 Å². The maximum atomic E-state index is 13.5. The van der Waals surface area contributed by atoms with E-state index >= 15 is 0 Å². The van der Waals surface area contributed by atoms with Gasteiger partial charge in [0.05, 0.1) is 12.2 Å². The number of hydrogen-bond donors (Lipinski definition) is 2. The summed E-state index contributed by atoms with van der Waals surface area (Å²) >= 11 is 0. The Kier molecular flexibility index (Phi) is 4.35. The van der Waals surface area contributed by atoms with E-state index in [0.29, 0.717) is 5.69 Å². The summed E-state index contributed by atoms with van der Waals surface area (Å²) in [4.78, 5) is 11.8. The van der Waals surface area contributed by atoms with Gasteiger partial charge in [0.25, 0.3) is 0 Å². The Morgan fingerprint density at radius 2 is 1.85 bits per heavy atom. The summed E-state index contributed by atoms with van der Waals surface area (Å²) in [6.45, 7) is 3.85. The number of nitrogens with one attached hydrogen (secondary N) is 2. The number of hydrogen-bond acceptors (Lipinski definition) is 2. The van der Waals surface area contributed by atoms with E-state index in [2.05, 4.69) is 10.6 Å². The molecule has 0 unspecified atom stereocenters. The molecule has 2 rings (SSSR count). The van der Waals surface area contributed by atoms with Crippen molar-refractivity contribution in [3.05, 3.63) is 59.4 Å². The summed E-state index contributed by atoms with van der Waals surface area (Å²) in [5.41, 5.74) is 3.08. The summed E-state index contributed by atoms with van der Waals surface area (Å²) < 4.78 is 13.5. The molecular formula is C16H17FN2O. The van der Waals surface area contributed by atoms with Crippen LogP contribution in [0.15, 0.2) is 42.5 Å². The van der Waals surface area contributed by atoms with Crippen molar-refractivity contribution in [2.24, 2.45) is 0 Å². The molecule has 0 saturated heterocycles. The zero-order valence-electron chi connectivity index (χ0n) is 11.5. The molecular weight excluding hydrogens is 255 g/mol. The average molecular weight is 272 g/mol. The van der Waals surface area contributed by atoms with Crippen molar-refractivity contribution in [3.8, 4) is 0 Å². The molecule has 2 aromatic rings. The van der Waals surface area contributed by atoms with Crippen molar-refractivity contribution < 1.29 is 9.18 Å². The van der Waals surface area contributed by atoms with E-state index < -0.39 is 0 Å². The van der Waals surface area contributed by atoms with Gasteiger partial charge in [-0.15, -0.1) is 0 Å². The Labute approximate surface area is 117 Å². The first kappa shape index (κ1) is 14.1. The number of benzene rings is 2. The fraction of sp³-hybridized carbons (Fsp3) is 0.188. The van der Waals surface area contributed by atoms with E-state index in [1.165, 1.54) is 6.07 Å². The van der Waals surface area contributed by atoms with Crippen LogP contribution in [0.25, 0.3) is 0 Å². The zero-order chi connectivity index (χ0) is 14.5. The second-order valence-corrected chi connectivity index (χ2v) is 4.75. The summed E-state index contributed by atoms with van der Waals surface area (Å²) in [7, 11) is 0. The molecule has 0 saturated carbocycles. The Hall–Kier alpha value is -2.36. The average Bonchev–Trinajstić information content (AvgIpc) is 2.40. The lowest BCUT2D eigenvalue weighted by Gasteiger charge is -2.09. The van der Waals surface area contributed by atoms with E-state index in [9.17, 15) is 9.18 Å². The highest BCUT2D eigenvalue weighted by molar-refractivity contribution is 5.93. The van der Waals surface area contributed by atoms with Crippen LogP contribution in [0.2, 0.25) is 0 Å². The van der Waals surface area contributed by atoms with Gasteiger partial charge < -0.3 is 10.6 Å². The Bertz CT molecular complexity index is 626. The molecule has 0 atom stereocenters. The lowest BCUT2D eigenvalue weighted by Crippen LogP contribution is -2.22. The topological polar surface area (TPSA) is 41.1 Å². The quantitative estimate of drug-likeness (QED) is 0.894. The van der Waals surface area contributed by atoms with Crippen molar-refractivity contribution in [3.63, 3.8) is 0 Å². The minimum Gasteiger partial charge on any atom is -0.374 e. The summed E-state index contributed by atoms with van der Waals surface area (Å²) in [6.07, 6.45) is 0. The molecule has 0 radical (unpaired) electrons. The fourth-order valence-electron chi connectivity index (χ4n) is 1.88. The number of carbonyl (C=O) groups excluding carboxylic acids is 1. The number of halogens is 1. The molecule has 104 valence electrons. The van der Waals surface area contributed by atoms with Gasteiger partial charge in [-0.25, -0.2) is 4.39 Å². The first-order chi connectivity index (χ1) is 9.54. The minimum absolute atomic E-state index is 0.0221. The van der Waals surface area contributed by atoms with E-state index in [-0.39, 0.29) is 18.3 Å². The predicted molar refractivity (Wildman–Crippen MR) is 79.4 cm³/mol. The van der Waals surface area contributed by atoms with Crippen LogP contribution < -0.4 is 10.6 Å². The Balaban J connectivity index is 1.94. The monoisotopic (exact) mass is 272 g/mol. The molecule has 0 aliphatic carbocycles. The molecule has 0 bridgehead atoms. The minimum atomic E-state index is -0.362. The van der Waals surface area contributed by atoms with Crippen molar-refractivity contribution >= 4 is 17.3 Å². The fourth-order valence-corrected chi connectivity index (χ4v) is 1.88. The largest absolute Gasteiger partial charge is 0.374 e. The van der Waals surface area contributed by atoms with E-state index in [1.807, 2.05) is 38.1 Å². The van der Waals surface area contributed by atoms with Gasteiger partial charge in [-0.2, -0.15) is 0 Å². The highest BCUT2D eigenvalue weighted by Gasteiger charge is 2.05. The zero-order valence-corrected chi connectivity index (χ0v) is 11.5. The molecule has 0 spiro atoms. The molecule has 2 aromatic carbocycles. The highest BCUT2D eigenvalue weighted by atomic mass is 19.1. The van der Waals surface area contributed by atoms with Gasteiger partial charge in [0.15, 0.2) is 0 Å². The molecule has 0 heterocycles. The van der Waals surface area contributed by atoms with Crippen LogP contribution in [0.1, 0.15) is 11.1 Å².